The molecule has 0 bridgehead atoms. The van der Waals surface area contributed by atoms with Gasteiger partial charge < -0.3 is 5.32 Å². The van der Waals surface area contributed by atoms with Crippen LogP contribution in [0.4, 0.5) is 0 Å². The number of rotatable bonds is 7. The maximum atomic E-state index is 4.18. The van der Waals surface area contributed by atoms with Crippen molar-refractivity contribution in [1.29, 1.82) is 0 Å². The van der Waals surface area contributed by atoms with Crippen LogP contribution in [0.25, 0.3) is 0 Å². The highest BCUT2D eigenvalue weighted by molar-refractivity contribution is 9.10. The van der Waals surface area contributed by atoms with Crippen LogP contribution in [0.15, 0.2) is 52.1 Å². The average Bonchev–Trinajstić information content (AvgIpc) is 2.47. The van der Waals surface area contributed by atoms with E-state index in [0.29, 0.717) is 0 Å². The molecule has 0 saturated heterocycles. The number of thioether (sulfide) groups is 1. The van der Waals surface area contributed by atoms with Crippen LogP contribution in [-0.4, -0.2) is 11.5 Å². The molecule has 0 radical (unpaired) electrons. The van der Waals surface area contributed by atoms with E-state index in [4.69, 9.17) is 0 Å². The summed E-state index contributed by atoms with van der Waals surface area (Å²) in [6, 6.07) is 10.9. The molecule has 2 nitrogen and oxygen atoms in total. The van der Waals surface area contributed by atoms with Crippen LogP contribution in [0.1, 0.15) is 24.5 Å². The molecular formula is C16H19BrN2S. The van der Waals surface area contributed by atoms with Crippen molar-refractivity contribution in [2.24, 2.45) is 0 Å². The smallest absolute Gasteiger partial charge is 0.0410 e. The van der Waals surface area contributed by atoms with Gasteiger partial charge in [0.15, 0.2) is 0 Å². The van der Waals surface area contributed by atoms with Gasteiger partial charge in [-0.1, -0.05) is 19.1 Å². The lowest BCUT2D eigenvalue weighted by Gasteiger charge is -2.05. The molecule has 0 aliphatic rings. The zero-order valence-electron chi connectivity index (χ0n) is 11.6. The summed E-state index contributed by atoms with van der Waals surface area (Å²) in [6.45, 7) is 4.21. The summed E-state index contributed by atoms with van der Waals surface area (Å²) in [5.41, 5.74) is 2.57. The summed E-state index contributed by atoms with van der Waals surface area (Å²) in [5, 5.41) is 3.41. The molecule has 1 N–H and O–H groups in total. The number of benzene rings is 1. The molecule has 0 saturated carbocycles. The zero-order valence-corrected chi connectivity index (χ0v) is 14.0. The van der Waals surface area contributed by atoms with Crippen molar-refractivity contribution in [2.75, 3.05) is 6.54 Å². The normalized spacial score (nSPS) is 10.7. The third kappa shape index (κ3) is 5.27. The van der Waals surface area contributed by atoms with Gasteiger partial charge in [0.2, 0.25) is 0 Å². The largest absolute Gasteiger partial charge is 0.313 e. The van der Waals surface area contributed by atoms with Gasteiger partial charge in [0.05, 0.1) is 0 Å². The Bertz CT molecular complexity index is 528. The Labute approximate surface area is 133 Å². The maximum Gasteiger partial charge on any atom is 0.0410 e. The Morgan fingerprint density at radius 1 is 1.15 bits per heavy atom. The SMILES string of the molecule is CCCNCc1ccc(SCc2cncc(Br)c2)cc1. The van der Waals surface area contributed by atoms with Crippen LogP contribution in [0.3, 0.4) is 0 Å². The van der Waals surface area contributed by atoms with E-state index in [1.807, 2.05) is 24.2 Å². The van der Waals surface area contributed by atoms with Gasteiger partial charge in [-0.05, 0) is 58.2 Å². The predicted octanol–water partition coefficient (Wildman–Crippen LogP) is 4.64. The van der Waals surface area contributed by atoms with Crippen molar-refractivity contribution in [3.8, 4) is 0 Å². The van der Waals surface area contributed by atoms with Gasteiger partial charge in [0.1, 0.15) is 0 Å². The molecule has 0 aliphatic heterocycles. The Morgan fingerprint density at radius 3 is 2.65 bits per heavy atom. The first-order chi connectivity index (χ1) is 9.78. The van der Waals surface area contributed by atoms with Crippen LogP contribution in [0, 0.1) is 0 Å². The van der Waals surface area contributed by atoms with E-state index in [2.05, 4.69) is 63.5 Å². The first-order valence-corrected chi connectivity index (χ1v) is 8.57. The number of hydrogen-bond donors (Lipinski definition) is 1. The molecule has 2 rings (SSSR count). The molecule has 4 heteroatoms. The summed E-state index contributed by atoms with van der Waals surface area (Å²) in [4.78, 5) is 5.48. The van der Waals surface area contributed by atoms with Crippen molar-refractivity contribution in [3.05, 3.63) is 58.3 Å². The lowest BCUT2D eigenvalue weighted by Crippen LogP contribution is -2.13. The molecule has 0 atom stereocenters. The first-order valence-electron chi connectivity index (χ1n) is 6.80. The maximum absolute atomic E-state index is 4.18. The molecule has 2 aromatic rings. The summed E-state index contributed by atoms with van der Waals surface area (Å²) >= 11 is 5.29. The van der Waals surface area contributed by atoms with E-state index in [-0.39, 0.29) is 0 Å². The van der Waals surface area contributed by atoms with Gasteiger partial charge in [-0.25, -0.2) is 0 Å². The van der Waals surface area contributed by atoms with Gasteiger partial charge in [0.25, 0.3) is 0 Å². The fourth-order valence-corrected chi connectivity index (χ4v) is 3.05. The molecule has 0 unspecified atom stereocenters. The van der Waals surface area contributed by atoms with Crippen molar-refractivity contribution < 1.29 is 0 Å². The highest BCUT2D eigenvalue weighted by atomic mass is 79.9. The quantitative estimate of drug-likeness (QED) is 0.581. The molecule has 1 aromatic heterocycles. The number of halogens is 1. The van der Waals surface area contributed by atoms with Gasteiger partial charge in [0, 0.05) is 34.1 Å². The topological polar surface area (TPSA) is 24.9 Å². The molecule has 1 aromatic carbocycles. The van der Waals surface area contributed by atoms with E-state index in [1.54, 1.807) is 0 Å². The van der Waals surface area contributed by atoms with Crippen LogP contribution in [0.5, 0.6) is 0 Å². The third-order valence-corrected chi connectivity index (χ3v) is 4.36. The van der Waals surface area contributed by atoms with Crippen LogP contribution < -0.4 is 5.32 Å². The lowest BCUT2D eigenvalue weighted by atomic mass is 10.2. The second kappa shape index (κ2) is 8.45. The van der Waals surface area contributed by atoms with Gasteiger partial charge in [-0.3, -0.25) is 4.98 Å². The fourth-order valence-electron chi connectivity index (χ4n) is 1.81. The number of nitrogens with zero attached hydrogens (tertiary/aromatic N) is 1. The number of hydrogen-bond acceptors (Lipinski definition) is 3. The Morgan fingerprint density at radius 2 is 1.95 bits per heavy atom. The molecule has 0 spiro atoms. The Balaban J connectivity index is 1.84. The number of aromatic nitrogens is 1. The minimum absolute atomic E-state index is 0.944. The monoisotopic (exact) mass is 350 g/mol. The van der Waals surface area contributed by atoms with E-state index in [9.17, 15) is 0 Å². The van der Waals surface area contributed by atoms with E-state index in [0.717, 1.165) is 23.3 Å². The molecule has 0 fully saturated rings. The molecular weight excluding hydrogens is 332 g/mol. The molecule has 106 valence electrons. The fraction of sp³-hybridized carbons (Fsp3) is 0.312. The van der Waals surface area contributed by atoms with Crippen molar-refractivity contribution in [2.45, 2.75) is 30.5 Å². The van der Waals surface area contributed by atoms with Gasteiger partial charge in [-0.15, -0.1) is 11.8 Å². The first kappa shape index (κ1) is 15.5. The van der Waals surface area contributed by atoms with Crippen LogP contribution in [0.2, 0.25) is 0 Å². The molecule has 1 heterocycles. The van der Waals surface area contributed by atoms with Crippen LogP contribution >= 0.6 is 27.7 Å². The molecule has 20 heavy (non-hydrogen) atoms. The Kier molecular flexibility index (Phi) is 6.57. The molecule has 0 aliphatic carbocycles. The van der Waals surface area contributed by atoms with Crippen molar-refractivity contribution >= 4 is 27.7 Å². The van der Waals surface area contributed by atoms with Crippen molar-refractivity contribution in [3.63, 3.8) is 0 Å². The molecule has 0 amide bonds. The highest BCUT2D eigenvalue weighted by Crippen LogP contribution is 2.23. The standard InChI is InChI=1S/C16H19BrN2S/c1-2-7-18-9-13-3-5-16(6-4-13)20-12-14-8-15(17)11-19-10-14/h3-6,8,10-11,18H,2,7,9,12H2,1H3. The second-order valence-electron chi connectivity index (χ2n) is 4.62. The zero-order chi connectivity index (χ0) is 14.2. The third-order valence-electron chi connectivity index (χ3n) is 2.85. The summed E-state index contributed by atoms with van der Waals surface area (Å²) in [6.07, 6.45) is 4.90. The lowest BCUT2D eigenvalue weighted by molar-refractivity contribution is 0.675. The summed E-state index contributed by atoms with van der Waals surface area (Å²) in [5.74, 6) is 0.944. The number of nitrogens with one attached hydrogen (secondary N) is 1. The highest BCUT2D eigenvalue weighted by Gasteiger charge is 1.99. The van der Waals surface area contributed by atoms with E-state index in [1.165, 1.54) is 22.4 Å². The van der Waals surface area contributed by atoms with Gasteiger partial charge in [-0.2, -0.15) is 0 Å². The number of pyridine rings is 1. The average molecular weight is 351 g/mol. The van der Waals surface area contributed by atoms with E-state index < -0.39 is 0 Å². The van der Waals surface area contributed by atoms with Crippen LogP contribution in [-0.2, 0) is 12.3 Å². The summed E-state index contributed by atoms with van der Waals surface area (Å²) in [7, 11) is 0. The second-order valence-corrected chi connectivity index (χ2v) is 6.59. The van der Waals surface area contributed by atoms with E-state index >= 15 is 0 Å². The minimum atomic E-state index is 0.944. The summed E-state index contributed by atoms with van der Waals surface area (Å²) < 4.78 is 1.04. The van der Waals surface area contributed by atoms with Gasteiger partial charge >= 0.3 is 0 Å². The van der Waals surface area contributed by atoms with Crippen molar-refractivity contribution in [1.82, 2.24) is 10.3 Å². The Hall–Kier alpha value is -0.840. The predicted molar refractivity (Wildman–Crippen MR) is 89.9 cm³/mol. The minimum Gasteiger partial charge on any atom is -0.313 e.